The van der Waals surface area contributed by atoms with E-state index in [1.807, 2.05) is 73.7 Å². The quantitative estimate of drug-likeness (QED) is 0.407. The highest BCUT2D eigenvalue weighted by molar-refractivity contribution is 5.90. The van der Waals surface area contributed by atoms with Gasteiger partial charge in [-0.25, -0.2) is 0 Å². The molecule has 0 bridgehead atoms. The molecule has 4 rings (SSSR count). The van der Waals surface area contributed by atoms with Gasteiger partial charge in [0, 0.05) is 16.5 Å². The first-order valence-corrected chi connectivity index (χ1v) is 9.25. The fraction of sp³-hybridized carbons (Fsp3) is 0.0370. The third kappa shape index (κ3) is 3.93. The molecular formula is C27H18O2. The highest BCUT2D eigenvalue weighted by Gasteiger charge is 2.04. The molecule has 0 fully saturated rings. The van der Waals surface area contributed by atoms with Crippen LogP contribution < -0.4 is 0 Å². The van der Waals surface area contributed by atoms with Crippen LogP contribution in [0.5, 0.6) is 11.5 Å². The van der Waals surface area contributed by atoms with Crippen LogP contribution in [-0.2, 0) is 0 Å². The van der Waals surface area contributed by atoms with Crippen molar-refractivity contribution in [2.45, 2.75) is 6.92 Å². The van der Waals surface area contributed by atoms with Crippen molar-refractivity contribution in [3.05, 3.63) is 107 Å². The van der Waals surface area contributed by atoms with Crippen LogP contribution in [0.2, 0.25) is 0 Å². The first-order chi connectivity index (χ1) is 14.1. The average Bonchev–Trinajstić information content (AvgIpc) is 2.74. The summed E-state index contributed by atoms with van der Waals surface area (Å²) in [6.45, 7) is 1.96. The number of phenols is 2. The molecule has 0 aliphatic heterocycles. The molecule has 0 radical (unpaired) electrons. The predicted octanol–water partition coefficient (Wildman–Crippen LogP) is 5.36. The third-order valence-electron chi connectivity index (χ3n) is 4.64. The Hall–Kier alpha value is -4.14. The number of rotatable bonds is 0. The molecule has 0 aromatic heterocycles. The fourth-order valence-electron chi connectivity index (χ4n) is 3.11. The summed E-state index contributed by atoms with van der Waals surface area (Å²) >= 11 is 0. The monoisotopic (exact) mass is 374 g/mol. The van der Waals surface area contributed by atoms with E-state index in [1.54, 1.807) is 12.1 Å². The Morgan fingerprint density at radius 1 is 0.586 bits per heavy atom. The lowest BCUT2D eigenvalue weighted by Crippen LogP contribution is -1.85. The molecule has 0 saturated heterocycles. The zero-order chi connectivity index (χ0) is 20.2. The van der Waals surface area contributed by atoms with Crippen LogP contribution in [0, 0.1) is 30.6 Å². The molecule has 138 valence electrons. The Labute approximate surface area is 170 Å². The lowest BCUT2D eigenvalue weighted by Gasteiger charge is -2.03. The second-order valence-electron chi connectivity index (χ2n) is 6.75. The molecule has 0 amide bonds. The molecule has 0 aliphatic rings. The van der Waals surface area contributed by atoms with Gasteiger partial charge in [0.05, 0.1) is 11.1 Å². The van der Waals surface area contributed by atoms with E-state index < -0.39 is 0 Å². The summed E-state index contributed by atoms with van der Waals surface area (Å²) in [6, 6.07) is 24.3. The Balaban J connectivity index is 1.77. The van der Waals surface area contributed by atoms with E-state index in [-0.39, 0.29) is 11.5 Å². The second-order valence-corrected chi connectivity index (χ2v) is 6.75. The number of aromatic hydroxyl groups is 2. The van der Waals surface area contributed by atoms with Crippen LogP contribution in [0.1, 0.15) is 27.8 Å². The van der Waals surface area contributed by atoms with E-state index in [1.165, 1.54) is 0 Å². The Kier molecular flexibility index (Phi) is 4.93. The molecule has 2 nitrogen and oxygen atoms in total. The van der Waals surface area contributed by atoms with E-state index in [2.05, 4.69) is 23.7 Å². The van der Waals surface area contributed by atoms with Gasteiger partial charge in [0.15, 0.2) is 0 Å². The zero-order valence-electron chi connectivity index (χ0n) is 15.9. The molecule has 4 aromatic carbocycles. The molecule has 0 heterocycles. The van der Waals surface area contributed by atoms with Gasteiger partial charge in [0.25, 0.3) is 0 Å². The topological polar surface area (TPSA) is 40.5 Å². The Bertz CT molecular complexity index is 1340. The minimum Gasteiger partial charge on any atom is -0.507 e. The summed E-state index contributed by atoms with van der Waals surface area (Å²) in [4.78, 5) is 0. The average molecular weight is 374 g/mol. The van der Waals surface area contributed by atoms with E-state index in [4.69, 9.17) is 0 Å². The standard InChI is InChI=1S/C27H18O2/c1-19-10-16-26(28)23(18-19)12-11-20-6-2-3-7-21(20)13-15-25-24-9-5-4-8-22(24)14-17-27(25)29/h2-10,14,16-18,28-29H,1H3. The Morgan fingerprint density at radius 2 is 1.21 bits per heavy atom. The SMILES string of the molecule is Cc1ccc(O)c(C#Cc2ccccc2C#Cc2c(O)ccc3ccccc23)c1. The maximum Gasteiger partial charge on any atom is 0.131 e. The van der Waals surface area contributed by atoms with Crippen LogP contribution in [0.15, 0.2) is 78.9 Å². The van der Waals surface area contributed by atoms with Gasteiger partial charge in [0.1, 0.15) is 11.5 Å². The summed E-state index contributed by atoms with van der Waals surface area (Å²) in [7, 11) is 0. The van der Waals surface area contributed by atoms with E-state index in [0.717, 1.165) is 27.5 Å². The van der Waals surface area contributed by atoms with Crippen LogP contribution in [0.25, 0.3) is 10.8 Å². The molecule has 2 heteroatoms. The van der Waals surface area contributed by atoms with Crippen molar-refractivity contribution in [3.8, 4) is 35.2 Å². The van der Waals surface area contributed by atoms with Crippen molar-refractivity contribution < 1.29 is 10.2 Å². The summed E-state index contributed by atoms with van der Waals surface area (Å²) in [6.07, 6.45) is 0. The number of benzene rings is 4. The van der Waals surface area contributed by atoms with E-state index in [0.29, 0.717) is 11.1 Å². The summed E-state index contributed by atoms with van der Waals surface area (Å²) in [5.41, 5.74) is 3.74. The number of aryl methyl sites for hydroxylation is 1. The third-order valence-corrected chi connectivity index (χ3v) is 4.64. The number of fused-ring (bicyclic) bond motifs is 1. The van der Waals surface area contributed by atoms with Crippen molar-refractivity contribution >= 4 is 10.8 Å². The van der Waals surface area contributed by atoms with Gasteiger partial charge in [-0.05, 0) is 48.2 Å². The number of phenolic OH excluding ortho intramolecular Hbond substituents is 2. The predicted molar refractivity (Wildman–Crippen MR) is 117 cm³/mol. The summed E-state index contributed by atoms with van der Waals surface area (Å²) in [5, 5.41) is 22.2. The minimum absolute atomic E-state index is 0.157. The first-order valence-electron chi connectivity index (χ1n) is 9.25. The van der Waals surface area contributed by atoms with Crippen molar-refractivity contribution in [1.29, 1.82) is 0 Å². The zero-order valence-corrected chi connectivity index (χ0v) is 15.9. The fourth-order valence-corrected chi connectivity index (χ4v) is 3.11. The van der Waals surface area contributed by atoms with Gasteiger partial charge >= 0.3 is 0 Å². The molecule has 0 unspecified atom stereocenters. The van der Waals surface area contributed by atoms with Gasteiger partial charge in [-0.15, -0.1) is 0 Å². The van der Waals surface area contributed by atoms with Crippen molar-refractivity contribution in [2.24, 2.45) is 0 Å². The second kappa shape index (κ2) is 7.85. The van der Waals surface area contributed by atoms with Crippen molar-refractivity contribution in [2.75, 3.05) is 0 Å². The molecule has 0 spiro atoms. The summed E-state index contributed by atoms with van der Waals surface area (Å²) < 4.78 is 0. The maximum atomic E-state index is 10.3. The van der Waals surface area contributed by atoms with Gasteiger partial charge in [0.2, 0.25) is 0 Å². The van der Waals surface area contributed by atoms with Crippen LogP contribution in [0.3, 0.4) is 0 Å². The molecule has 0 atom stereocenters. The minimum atomic E-state index is 0.157. The van der Waals surface area contributed by atoms with Gasteiger partial charge < -0.3 is 10.2 Å². The smallest absolute Gasteiger partial charge is 0.131 e. The van der Waals surface area contributed by atoms with Gasteiger partial charge in [-0.1, -0.05) is 72.2 Å². The van der Waals surface area contributed by atoms with Crippen molar-refractivity contribution in [3.63, 3.8) is 0 Å². The largest absolute Gasteiger partial charge is 0.507 e. The first kappa shape index (κ1) is 18.2. The molecule has 0 saturated carbocycles. The highest BCUT2D eigenvalue weighted by Crippen LogP contribution is 2.26. The maximum absolute atomic E-state index is 10.3. The number of hydrogen-bond donors (Lipinski definition) is 2. The summed E-state index contributed by atoms with van der Waals surface area (Å²) in [5.74, 6) is 12.7. The van der Waals surface area contributed by atoms with Crippen molar-refractivity contribution in [1.82, 2.24) is 0 Å². The number of hydrogen-bond acceptors (Lipinski definition) is 2. The normalized spacial score (nSPS) is 9.97. The van der Waals surface area contributed by atoms with Gasteiger partial charge in [-0.3, -0.25) is 0 Å². The lowest BCUT2D eigenvalue weighted by molar-refractivity contribution is 0.473. The highest BCUT2D eigenvalue weighted by atomic mass is 16.3. The molecule has 4 aromatic rings. The van der Waals surface area contributed by atoms with Gasteiger partial charge in [-0.2, -0.15) is 0 Å². The van der Waals surface area contributed by atoms with Crippen LogP contribution in [0.4, 0.5) is 0 Å². The molecular weight excluding hydrogens is 356 g/mol. The Morgan fingerprint density at radius 3 is 2.00 bits per heavy atom. The van der Waals surface area contributed by atoms with E-state index in [9.17, 15) is 10.2 Å². The van der Waals surface area contributed by atoms with E-state index >= 15 is 0 Å². The van der Waals surface area contributed by atoms with Crippen LogP contribution in [-0.4, -0.2) is 10.2 Å². The van der Waals surface area contributed by atoms with Crippen LogP contribution >= 0.6 is 0 Å². The lowest BCUT2D eigenvalue weighted by atomic mass is 10.0. The molecule has 0 aliphatic carbocycles. The molecule has 2 N–H and O–H groups in total. The molecule has 29 heavy (non-hydrogen) atoms.